The van der Waals surface area contributed by atoms with Gasteiger partial charge in [0.1, 0.15) is 0 Å². The summed E-state index contributed by atoms with van der Waals surface area (Å²) in [7, 11) is 0. The topological polar surface area (TPSA) is 52.6 Å². The number of carbonyl (C=O) groups excluding carboxylic acids is 1. The van der Waals surface area contributed by atoms with Crippen molar-refractivity contribution in [2.75, 3.05) is 36.0 Å². The van der Waals surface area contributed by atoms with Gasteiger partial charge >= 0.3 is 6.18 Å². The van der Waals surface area contributed by atoms with Crippen LogP contribution in [0.1, 0.15) is 12.5 Å². The molecule has 2 aromatic rings. The molecule has 0 aliphatic carbocycles. The summed E-state index contributed by atoms with van der Waals surface area (Å²) in [5.41, 5.74) is -0.0750. The number of alkyl halides is 3. The van der Waals surface area contributed by atoms with Crippen LogP contribution in [0.2, 0.25) is 0 Å². The Kier molecular flexibility index (Phi) is 4.16. The molecule has 27 heavy (non-hydrogen) atoms. The van der Waals surface area contributed by atoms with Gasteiger partial charge in [0.2, 0.25) is 5.91 Å². The molecule has 2 aliphatic rings. The van der Waals surface area contributed by atoms with Crippen molar-refractivity contribution in [2.45, 2.75) is 19.1 Å². The van der Waals surface area contributed by atoms with E-state index >= 15 is 0 Å². The lowest BCUT2D eigenvalue weighted by Crippen LogP contribution is -2.60. The van der Waals surface area contributed by atoms with Crippen molar-refractivity contribution in [2.24, 2.45) is 0 Å². The number of piperazine rings is 1. The Balaban J connectivity index is 1.69. The zero-order valence-electron chi connectivity index (χ0n) is 14.6. The van der Waals surface area contributed by atoms with E-state index in [9.17, 15) is 18.0 Å². The third-order valence-electron chi connectivity index (χ3n) is 5.02. The molecule has 2 aliphatic heterocycles. The van der Waals surface area contributed by atoms with Gasteiger partial charge in [-0.25, -0.2) is 9.97 Å². The molecule has 1 aromatic heterocycles. The van der Waals surface area contributed by atoms with Gasteiger partial charge in [-0.15, -0.1) is 0 Å². The predicted octanol–water partition coefficient (Wildman–Crippen LogP) is 2.68. The Morgan fingerprint density at radius 1 is 1.04 bits per heavy atom. The third-order valence-corrected chi connectivity index (χ3v) is 5.02. The summed E-state index contributed by atoms with van der Waals surface area (Å²) in [5, 5.41) is 0. The Morgan fingerprint density at radius 2 is 1.70 bits per heavy atom. The van der Waals surface area contributed by atoms with Gasteiger partial charge in [0, 0.05) is 51.2 Å². The van der Waals surface area contributed by atoms with Crippen molar-refractivity contribution < 1.29 is 18.0 Å². The fourth-order valence-electron chi connectivity index (χ4n) is 3.65. The van der Waals surface area contributed by atoms with E-state index in [2.05, 4.69) is 14.9 Å². The summed E-state index contributed by atoms with van der Waals surface area (Å²) in [6.07, 6.45) is -1.20. The number of benzene rings is 1. The van der Waals surface area contributed by atoms with Gasteiger partial charge in [-0.3, -0.25) is 4.79 Å². The highest BCUT2D eigenvalue weighted by molar-refractivity contribution is 5.76. The van der Waals surface area contributed by atoms with Crippen molar-refractivity contribution in [1.82, 2.24) is 14.9 Å². The average Bonchev–Trinajstić information content (AvgIpc) is 2.66. The second kappa shape index (κ2) is 6.40. The second-order valence-electron chi connectivity index (χ2n) is 6.67. The molecule has 4 rings (SSSR count). The third kappa shape index (κ3) is 3.17. The highest BCUT2D eigenvalue weighted by Gasteiger charge is 2.38. The maximum Gasteiger partial charge on any atom is 0.416 e. The summed E-state index contributed by atoms with van der Waals surface area (Å²) in [5.74, 6) is 1.32. The molecular weight excluding hydrogens is 359 g/mol. The normalized spacial score (nSPS) is 19.6. The smallest absolute Gasteiger partial charge is 0.345 e. The van der Waals surface area contributed by atoms with Crippen LogP contribution in [0, 0.1) is 0 Å². The molecule has 1 amide bonds. The van der Waals surface area contributed by atoms with Gasteiger partial charge in [-0.1, -0.05) is 0 Å². The van der Waals surface area contributed by atoms with Crippen molar-refractivity contribution in [3.8, 4) is 0 Å². The van der Waals surface area contributed by atoms with E-state index in [-0.39, 0.29) is 11.9 Å². The van der Waals surface area contributed by atoms with Crippen LogP contribution in [-0.4, -0.2) is 53.0 Å². The van der Waals surface area contributed by atoms with Crippen molar-refractivity contribution in [3.05, 3.63) is 42.2 Å². The van der Waals surface area contributed by atoms with Crippen LogP contribution in [0.5, 0.6) is 0 Å². The highest BCUT2D eigenvalue weighted by atomic mass is 19.4. The summed E-state index contributed by atoms with van der Waals surface area (Å²) in [6.45, 7) is 3.86. The molecular formula is C18H18F3N5O. The number of hydrogen-bond donors (Lipinski definition) is 0. The first-order valence-electron chi connectivity index (χ1n) is 8.62. The quantitative estimate of drug-likeness (QED) is 0.765. The Morgan fingerprint density at radius 3 is 2.33 bits per heavy atom. The van der Waals surface area contributed by atoms with Gasteiger partial charge < -0.3 is 14.7 Å². The zero-order valence-corrected chi connectivity index (χ0v) is 14.6. The van der Waals surface area contributed by atoms with Gasteiger partial charge in [-0.2, -0.15) is 13.2 Å². The summed E-state index contributed by atoms with van der Waals surface area (Å²) >= 11 is 0. The first kappa shape index (κ1) is 17.6. The van der Waals surface area contributed by atoms with Crippen molar-refractivity contribution in [3.63, 3.8) is 0 Å². The van der Waals surface area contributed by atoms with Crippen molar-refractivity contribution >= 4 is 23.2 Å². The Labute approximate surface area is 154 Å². The van der Waals surface area contributed by atoms with E-state index in [4.69, 9.17) is 0 Å². The number of hydrogen-bond acceptors (Lipinski definition) is 5. The molecule has 0 spiro atoms. The van der Waals surface area contributed by atoms with Crippen LogP contribution in [0.15, 0.2) is 36.7 Å². The predicted molar refractivity (Wildman–Crippen MR) is 93.9 cm³/mol. The lowest BCUT2D eigenvalue weighted by atomic mass is 10.1. The van der Waals surface area contributed by atoms with Crippen LogP contribution < -0.4 is 9.80 Å². The van der Waals surface area contributed by atoms with Crippen LogP contribution >= 0.6 is 0 Å². The minimum Gasteiger partial charge on any atom is -0.345 e. The Bertz CT molecular complexity index is 855. The summed E-state index contributed by atoms with van der Waals surface area (Å²) < 4.78 is 38.6. The van der Waals surface area contributed by atoms with Gasteiger partial charge in [0.05, 0.1) is 11.6 Å². The molecule has 0 unspecified atom stereocenters. The molecule has 0 N–H and O–H groups in total. The molecule has 0 bridgehead atoms. The number of anilines is 3. The lowest BCUT2D eigenvalue weighted by molar-refractivity contribution is -0.137. The lowest BCUT2D eigenvalue weighted by Gasteiger charge is -2.47. The maximum absolute atomic E-state index is 12.9. The molecule has 1 saturated heterocycles. The molecule has 1 fully saturated rings. The van der Waals surface area contributed by atoms with E-state index in [1.54, 1.807) is 24.2 Å². The molecule has 3 heterocycles. The first-order valence-corrected chi connectivity index (χ1v) is 8.62. The van der Waals surface area contributed by atoms with E-state index in [1.807, 2.05) is 4.90 Å². The van der Waals surface area contributed by atoms with Crippen LogP contribution in [0.4, 0.5) is 30.5 Å². The molecule has 9 heteroatoms. The number of carbonyl (C=O) groups is 1. The number of amides is 1. The molecule has 0 saturated carbocycles. The van der Waals surface area contributed by atoms with E-state index in [1.165, 1.54) is 12.1 Å². The van der Waals surface area contributed by atoms with Gasteiger partial charge in [0.25, 0.3) is 0 Å². The van der Waals surface area contributed by atoms with Gasteiger partial charge in [0.15, 0.2) is 11.6 Å². The number of nitrogens with zero attached hydrogens (tertiary/aromatic N) is 5. The standard InChI is InChI=1S/C18H18F3N5O/c1-12(27)24-8-9-25-15(10-24)11-26(17-16(25)22-6-7-23-17)14-4-2-13(3-5-14)18(19,20)21/h2-7,15H,8-11H2,1H3/t15-/m0/s1. The minimum absolute atomic E-state index is 0.00542. The van der Waals surface area contributed by atoms with Crippen molar-refractivity contribution in [1.29, 1.82) is 0 Å². The molecule has 142 valence electrons. The minimum atomic E-state index is -4.37. The van der Waals surface area contributed by atoms with Crippen LogP contribution in [-0.2, 0) is 11.0 Å². The number of fused-ring (bicyclic) bond motifs is 3. The number of halogens is 3. The molecule has 1 atom stereocenters. The first-order chi connectivity index (χ1) is 12.8. The van der Waals surface area contributed by atoms with Crippen LogP contribution in [0.25, 0.3) is 0 Å². The number of aromatic nitrogens is 2. The zero-order chi connectivity index (χ0) is 19.2. The maximum atomic E-state index is 12.9. The fraction of sp³-hybridized carbons (Fsp3) is 0.389. The summed E-state index contributed by atoms with van der Waals surface area (Å²) in [4.78, 5) is 26.4. The van der Waals surface area contributed by atoms with E-state index < -0.39 is 11.7 Å². The molecule has 1 aromatic carbocycles. The summed E-state index contributed by atoms with van der Waals surface area (Å²) in [6, 6.07) is 5.03. The molecule has 0 radical (unpaired) electrons. The number of rotatable bonds is 1. The highest BCUT2D eigenvalue weighted by Crippen LogP contribution is 2.38. The molecule has 6 nitrogen and oxygen atoms in total. The van der Waals surface area contributed by atoms with Gasteiger partial charge in [-0.05, 0) is 24.3 Å². The fourth-order valence-corrected chi connectivity index (χ4v) is 3.65. The SMILES string of the molecule is CC(=O)N1CCN2c3nccnc3N(c3ccc(C(F)(F)F)cc3)C[C@@H]2C1. The van der Waals surface area contributed by atoms with Crippen LogP contribution in [0.3, 0.4) is 0 Å². The second-order valence-corrected chi connectivity index (χ2v) is 6.67. The van der Waals surface area contributed by atoms with E-state index in [0.717, 1.165) is 12.1 Å². The Hall–Kier alpha value is -2.84. The van der Waals surface area contributed by atoms with E-state index in [0.29, 0.717) is 43.5 Å². The average molecular weight is 377 g/mol. The largest absolute Gasteiger partial charge is 0.416 e. The monoisotopic (exact) mass is 377 g/mol.